The van der Waals surface area contributed by atoms with Gasteiger partial charge in [0.15, 0.2) is 11.5 Å². The van der Waals surface area contributed by atoms with Gasteiger partial charge in [0.05, 0.1) is 7.11 Å². The summed E-state index contributed by atoms with van der Waals surface area (Å²) in [7, 11) is 1.60. The van der Waals surface area contributed by atoms with Gasteiger partial charge in [-0.3, -0.25) is 4.79 Å². The van der Waals surface area contributed by atoms with Gasteiger partial charge in [0, 0.05) is 24.3 Å². The molecule has 0 aliphatic heterocycles. The van der Waals surface area contributed by atoms with Crippen LogP contribution in [0.4, 0.5) is 15.8 Å². The molecule has 0 bridgehead atoms. The Kier molecular flexibility index (Phi) is 8.08. The van der Waals surface area contributed by atoms with E-state index in [-0.39, 0.29) is 11.7 Å². The molecule has 168 valence electrons. The lowest BCUT2D eigenvalue weighted by atomic mass is 10.1. The van der Waals surface area contributed by atoms with E-state index in [0.717, 1.165) is 22.5 Å². The topological polar surface area (TPSA) is 59.6 Å². The smallest absolute Gasteiger partial charge is 0.224 e. The van der Waals surface area contributed by atoms with Crippen molar-refractivity contribution < 1.29 is 18.7 Å². The van der Waals surface area contributed by atoms with Crippen molar-refractivity contribution in [1.29, 1.82) is 0 Å². The Morgan fingerprint density at radius 3 is 2.38 bits per heavy atom. The second-order valence-corrected chi connectivity index (χ2v) is 7.98. The standard InChI is InChI=1S/C26H29FN2O3/c1-18(2)13-26(30)29-23-6-4-5-22(15-23)28-16-20-9-12-24(25(14-20)31-3)32-17-19-7-10-21(27)11-8-19/h4-12,14-15,18,28H,13,16-17H2,1-3H3,(H,29,30). The van der Waals surface area contributed by atoms with Crippen LogP contribution in [0.3, 0.4) is 0 Å². The highest BCUT2D eigenvalue weighted by Crippen LogP contribution is 2.29. The number of hydrogen-bond donors (Lipinski definition) is 2. The molecule has 0 heterocycles. The van der Waals surface area contributed by atoms with E-state index in [1.807, 2.05) is 56.3 Å². The summed E-state index contributed by atoms with van der Waals surface area (Å²) in [5.74, 6) is 1.30. The fourth-order valence-corrected chi connectivity index (χ4v) is 3.18. The van der Waals surface area contributed by atoms with Gasteiger partial charge >= 0.3 is 0 Å². The molecule has 1 amide bonds. The summed E-state index contributed by atoms with van der Waals surface area (Å²) < 4.78 is 24.4. The number of anilines is 2. The summed E-state index contributed by atoms with van der Waals surface area (Å²) in [6.45, 7) is 4.94. The van der Waals surface area contributed by atoms with E-state index in [4.69, 9.17) is 9.47 Å². The first-order chi connectivity index (χ1) is 15.4. The first-order valence-corrected chi connectivity index (χ1v) is 10.6. The summed E-state index contributed by atoms with van der Waals surface area (Å²) >= 11 is 0. The number of hydrogen-bond acceptors (Lipinski definition) is 4. The molecule has 3 aromatic carbocycles. The average Bonchev–Trinajstić information content (AvgIpc) is 2.77. The van der Waals surface area contributed by atoms with Crippen molar-refractivity contribution in [2.24, 2.45) is 5.92 Å². The number of halogens is 1. The van der Waals surface area contributed by atoms with Gasteiger partial charge in [0.25, 0.3) is 0 Å². The van der Waals surface area contributed by atoms with Crippen molar-refractivity contribution in [2.45, 2.75) is 33.4 Å². The van der Waals surface area contributed by atoms with E-state index in [1.165, 1.54) is 12.1 Å². The van der Waals surface area contributed by atoms with Gasteiger partial charge in [-0.25, -0.2) is 4.39 Å². The average molecular weight is 437 g/mol. The maximum atomic E-state index is 13.0. The molecule has 0 atom stereocenters. The van der Waals surface area contributed by atoms with E-state index in [0.29, 0.717) is 37.0 Å². The van der Waals surface area contributed by atoms with Gasteiger partial charge in [-0.15, -0.1) is 0 Å². The third-order valence-corrected chi connectivity index (χ3v) is 4.77. The monoisotopic (exact) mass is 436 g/mol. The molecule has 0 saturated carbocycles. The van der Waals surface area contributed by atoms with Crippen LogP contribution in [-0.4, -0.2) is 13.0 Å². The van der Waals surface area contributed by atoms with Crippen LogP contribution in [0.1, 0.15) is 31.4 Å². The molecule has 0 saturated heterocycles. The van der Waals surface area contributed by atoms with Crippen molar-refractivity contribution in [3.8, 4) is 11.5 Å². The minimum absolute atomic E-state index is 0.0121. The number of carbonyl (C=O) groups is 1. The van der Waals surface area contributed by atoms with Crippen LogP contribution >= 0.6 is 0 Å². The summed E-state index contributed by atoms with van der Waals surface area (Å²) in [5, 5.41) is 6.30. The maximum absolute atomic E-state index is 13.0. The lowest BCUT2D eigenvalue weighted by Crippen LogP contribution is -2.13. The van der Waals surface area contributed by atoms with E-state index in [1.54, 1.807) is 19.2 Å². The number of rotatable bonds is 10. The number of benzene rings is 3. The summed E-state index contributed by atoms with van der Waals surface area (Å²) in [6, 6.07) is 19.6. The van der Waals surface area contributed by atoms with E-state index < -0.39 is 0 Å². The Bertz CT molecular complexity index is 1040. The van der Waals surface area contributed by atoms with Crippen LogP contribution in [0.15, 0.2) is 66.7 Å². The highest BCUT2D eigenvalue weighted by molar-refractivity contribution is 5.91. The molecule has 0 radical (unpaired) electrons. The van der Waals surface area contributed by atoms with Crippen LogP contribution in [0.5, 0.6) is 11.5 Å². The van der Waals surface area contributed by atoms with Crippen LogP contribution in [0.2, 0.25) is 0 Å². The van der Waals surface area contributed by atoms with E-state index in [9.17, 15) is 9.18 Å². The lowest BCUT2D eigenvalue weighted by Gasteiger charge is -2.14. The van der Waals surface area contributed by atoms with Crippen molar-refractivity contribution in [2.75, 3.05) is 17.7 Å². The van der Waals surface area contributed by atoms with Crippen molar-refractivity contribution in [3.05, 3.63) is 83.7 Å². The molecule has 32 heavy (non-hydrogen) atoms. The normalized spacial score (nSPS) is 10.7. The van der Waals surface area contributed by atoms with Gasteiger partial charge in [-0.1, -0.05) is 38.1 Å². The molecule has 5 nitrogen and oxygen atoms in total. The Morgan fingerprint density at radius 1 is 0.938 bits per heavy atom. The minimum atomic E-state index is -0.272. The van der Waals surface area contributed by atoms with Gasteiger partial charge in [0.2, 0.25) is 5.91 Å². The molecule has 0 aromatic heterocycles. The quantitative estimate of drug-likeness (QED) is 0.409. The van der Waals surface area contributed by atoms with Gasteiger partial charge in [0.1, 0.15) is 12.4 Å². The number of amides is 1. The molecule has 3 rings (SSSR count). The second-order valence-electron chi connectivity index (χ2n) is 7.98. The molecule has 0 unspecified atom stereocenters. The number of ether oxygens (including phenoxy) is 2. The summed E-state index contributed by atoms with van der Waals surface area (Å²) in [4.78, 5) is 12.0. The van der Waals surface area contributed by atoms with Crippen molar-refractivity contribution in [3.63, 3.8) is 0 Å². The Hall–Kier alpha value is -3.54. The molecule has 0 fully saturated rings. The zero-order chi connectivity index (χ0) is 22.9. The molecule has 2 N–H and O–H groups in total. The molecule has 0 spiro atoms. The van der Waals surface area contributed by atoms with E-state index >= 15 is 0 Å². The third-order valence-electron chi connectivity index (χ3n) is 4.77. The van der Waals surface area contributed by atoms with Crippen molar-refractivity contribution >= 4 is 17.3 Å². The number of nitrogens with one attached hydrogen (secondary N) is 2. The molecular formula is C26H29FN2O3. The molecule has 3 aromatic rings. The SMILES string of the molecule is COc1cc(CNc2cccc(NC(=O)CC(C)C)c2)ccc1OCc1ccc(F)cc1. The summed E-state index contributed by atoms with van der Waals surface area (Å²) in [5.41, 5.74) is 3.57. The molecule has 0 aliphatic carbocycles. The molecule has 0 aliphatic rings. The number of methoxy groups -OCH3 is 1. The predicted octanol–water partition coefficient (Wildman–Crippen LogP) is 6.01. The molecular weight excluding hydrogens is 407 g/mol. The Labute approximate surface area is 188 Å². The van der Waals surface area contributed by atoms with Gasteiger partial charge in [-0.2, -0.15) is 0 Å². The predicted molar refractivity (Wildman–Crippen MR) is 126 cm³/mol. The fourth-order valence-electron chi connectivity index (χ4n) is 3.18. The van der Waals surface area contributed by atoms with Crippen LogP contribution in [0, 0.1) is 11.7 Å². The molecule has 6 heteroatoms. The third kappa shape index (κ3) is 7.01. The van der Waals surface area contributed by atoms with Crippen LogP contribution < -0.4 is 20.1 Å². The van der Waals surface area contributed by atoms with Gasteiger partial charge in [-0.05, 0) is 59.5 Å². The van der Waals surface area contributed by atoms with Crippen molar-refractivity contribution in [1.82, 2.24) is 0 Å². The lowest BCUT2D eigenvalue weighted by molar-refractivity contribution is -0.116. The van der Waals surface area contributed by atoms with Gasteiger partial charge < -0.3 is 20.1 Å². The maximum Gasteiger partial charge on any atom is 0.224 e. The highest BCUT2D eigenvalue weighted by atomic mass is 19.1. The zero-order valence-corrected chi connectivity index (χ0v) is 18.7. The van der Waals surface area contributed by atoms with Crippen LogP contribution in [0.25, 0.3) is 0 Å². The highest BCUT2D eigenvalue weighted by Gasteiger charge is 2.08. The minimum Gasteiger partial charge on any atom is -0.493 e. The fraction of sp³-hybridized carbons (Fsp3) is 0.269. The first kappa shape index (κ1) is 23.1. The largest absolute Gasteiger partial charge is 0.493 e. The second kappa shape index (κ2) is 11.2. The zero-order valence-electron chi connectivity index (χ0n) is 18.7. The Balaban J connectivity index is 1.59. The number of carbonyl (C=O) groups excluding carboxylic acids is 1. The van der Waals surface area contributed by atoms with E-state index in [2.05, 4.69) is 10.6 Å². The first-order valence-electron chi connectivity index (χ1n) is 10.6. The van der Waals surface area contributed by atoms with Crippen LogP contribution in [-0.2, 0) is 17.9 Å². The Morgan fingerprint density at radius 2 is 1.66 bits per heavy atom. The summed E-state index contributed by atoms with van der Waals surface area (Å²) in [6.07, 6.45) is 0.493.